The van der Waals surface area contributed by atoms with Gasteiger partial charge in [0.2, 0.25) is 0 Å². The summed E-state index contributed by atoms with van der Waals surface area (Å²) in [4.78, 5) is 26.1. The summed E-state index contributed by atoms with van der Waals surface area (Å²) in [6.45, 7) is 6.39. The molecule has 2 aromatic carbocycles. The summed E-state index contributed by atoms with van der Waals surface area (Å²) in [6.07, 6.45) is -0.881. The van der Waals surface area contributed by atoms with Gasteiger partial charge in [-0.05, 0) is 36.8 Å². The molecule has 7 heteroatoms. The molecule has 0 saturated carbocycles. The first kappa shape index (κ1) is 21.8. The van der Waals surface area contributed by atoms with Gasteiger partial charge in [0, 0.05) is 12.1 Å². The van der Waals surface area contributed by atoms with Gasteiger partial charge in [-0.2, -0.15) is 0 Å². The molecule has 0 unspecified atom stereocenters. The summed E-state index contributed by atoms with van der Waals surface area (Å²) >= 11 is 0. The highest BCUT2D eigenvalue weighted by atomic mass is 16.5. The van der Waals surface area contributed by atoms with E-state index in [1.165, 1.54) is 4.90 Å². The first-order valence-corrected chi connectivity index (χ1v) is 10.2. The third kappa shape index (κ3) is 6.30. The molecule has 7 nitrogen and oxygen atoms in total. The second kappa shape index (κ2) is 10.8. The molecule has 2 N–H and O–H groups in total. The van der Waals surface area contributed by atoms with E-state index in [4.69, 9.17) is 14.2 Å². The van der Waals surface area contributed by atoms with Crippen molar-refractivity contribution in [3.63, 3.8) is 0 Å². The lowest BCUT2D eigenvalue weighted by molar-refractivity contribution is -0.921. The Morgan fingerprint density at radius 3 is 2.30 bits per heavy atom. The van der Waals surface area contributed by atoms with Gasteiger partial charge in [-0.25, -0.2) is 4.79 Å². The van der Waals surface area contributed by atoms with Crippen molar-refractivity contribution in [3.8, 4) is 5.75 Å². The Bertz CT molecular complexity index is 830. The van der Waals surface area contributed by atoms with Gasteiger partial charge >= 0.3 is 5.97 Å². The van der Waals surface area contributed by atoms with E-state index in [1.807, 2.05) is 36.4 Å². The average molecular weight is 413 g/mol. The van der Waals surface area contributed by atoms with Gasteiger partial charge in [0.25, 0.3) is 5.91 Å². The van der Waals surface area contributed by atoms with Gasteiger partial charge in [-0.1, -0.05) is 24.3 Å². The molecule has 1 aliphatic rings. The van der Waals surface area contributed by atoms with Crippen LogP contribution in [0.2, 0.25) is 0 Å². The van der Waals surface area contributed by atoms with Crippen LogP contribution in [0, 0.1) is 0 Å². The zero-order valence-electron chi connectivity index (χ0n) is 17.5. The number of esters is 1. The Morgan fingerprint density at radius 2 is 1.67 bits per heavy atom. The molecule has 2 aromatic rings. The lowest BCUT2D eigenvalue weighted by atomic mass is 10.1. The summed E-state index contributed by atoms with van der Waals surface area (Å²) in [5.41, 5.74) is 2.53. The summed E-state index contributed by atoms with van der Waals surface area (Å²) in [5.74, 6) is -0.0937. The number of nitrogens with one attached hydrogen (secondary N) is 2. The maximum atomic E-state index is 12.4. The number of hydrogen-bond donors (Lipinski definition) is 2. The fourth-order valence-corrected chi connectivity index (χ4v) is 3.24. The standard InChI is InChI=1S/C23H28N2O5/c1-17(22(26)24-15-18-5-9-21(28-2)10-6-18)30-23(27)20-7-3-19(4-8-20)16-25-11-13-29-14-12-25/h3-10,17H,11-16H2,1-2H3,(H,24,26)/p+1/t17-/m1/s1. The lowest BCUT2D eigenvalue weighted by Gasteiger charge is -2.23. The zero-order chi connectivity index (χ0) is 21.3. The molecule has 0 bridgehead atoms. The topological polar surface area (TPSA) is 78.3 Å². The number of methoxy groups -OCH3 is 1. The Labute approximate surface area is 176 Å². The highest BCUT2D eigenvalue weighted by molar-refractivity contribution is 5.92. The highest BCUT2D eigenvalue weighted by Gasteiger charge is 2.19. The predicted molar refractivity (Wildman–Crippen MR) is 111 cm³/mol. The van der Waals surface area contributed by atoms with Crippen molar-refractivity contribution in [1.29, 1.82) is 0 Å². The molecule has 0 aliphatic carbocycles. The first-order valence-electron chi connectivity index (χ1n) is 10.2. The van der Waals surface area contributed by atoms with Gasteiger partial charge in [0.05, 0.1) is 25.9 Å². The fraction of sp³-hybridized carbons (Fsp3) is 0.391. The largest absolute Gasteiger partial charge is 0.497 e. The number of quaternary nitrogens is 1. The van der Waals surface area contributed by atoms with Crippen molar-refractivity contribution >= 4 is 11.9 Å². The molecule has 1 amide bonds. The van der Waals surface area contributed by atoms with Gasteiger partial charge in [0.1, 0.15) is 25.4 Å². The Morgan fingerprint density at radius 1 is 1.03 bits per heavy atom. The molecule has 1 heterocycles. The third-order valence-electron chi connectivity index (χ3n) is 5.12. The summed E-state index contributed by atoms with van der Waals surface area (Å²) in [6, 6.07) is 14.8. The number of amides is 1. The fourth-order valence-electron chi connectivity index (χ4n) is 3.24. The zero-order valence-corrected chi connectivity index (χ0v) is 17.5. The molecular formula is C23H29N2O5+. The number of carbonyl (C=O) groups is 2. The first-order chi connectivity index (χ1) is 14.5. The van der Waals surface area contributed by atoms with Crippen LogP contribution in [0.1, 0.15) is 28.4 Å². The number of rotatable bonds is 8. The van der Waals surface area contributed by atoms with Gasteiger partial charge < -0.3 is 24.4 Å². The van der Waals surface area contributed by atoms with Crippen molar-refractivity contribution in [2.75, 3.05) is 33.4 Å². The Kier molecular flexibility index (Phi) is 7.82. The number of benzene rings is 2. The smallest absolute Gasteiger partial charge is 0.338 e. The van der Waals surface area contributed by atoms with Gasteiger partial charge in [-0.3, -0.25) is 4.79 Å². The summed E-state index contributed by atoms with van der Waals surface area (Å²) in [7, 11) is 1.60. The monoisotopic (exact) mass is 413 g/mol. The van der Waals surface area contributed by atoms with Crippen LogP contribution in [-0.4, -0.2) is 51.4 Å². The predicted octanol–water partition coefficient (Wildman–Crippen LogP) is 0.972. The minimum atomic E-state index is -0.881. The van der Waals surface area contributed by atoms with E-state index in [2.05, 4.69) is 5.32 Å². The second-order valence-corrected chi connectivity index (χ2v) is 7.35. The van der Waals surface area contributed by atoms with Crippen LogP contribution in [0.4, 0.5) is 0 Å². The van der Waals surface area contributed by atoms with E-state index in [-0.39, 0.29) is 5.91 Å². The maximum Gasteiger partial charge on any atom is 0.338 e. The third-order valence-corrected chi connectivity index (χ3v) is 5.12. The Hall–Kier alpha value is -2.90. The molecule has 0 radical (unpaired) electrons. The van der Waals surface area contributed by atoms with Crippen LogP contribution in [0.25, 0.3) is 0 Å². The molecule has 160 valence electrons. The highest BCUT2D eigenvalue weighted by Crippen LogP contribution is 2.11. The maximum absolute atomic E-state index is 12.4. The minimum absolute atomic E-state index is 0.341. The summed E-state index contributed by atoms with van der Waals surface area (Å²) in [5, 5.41) is 2.78. The van der Waals surface area contributed by atoms with E-state index >= 15 is 0 Å². The van der Waals surface area contributed by atoms with Gasteiger partial charge in [-0.15, -0.1) is 0 Å². The normalized spacial score (nSPS) is 15.3. The SMILES string of the molecule is COc1ccc(CNC(=O)[C@@H](C)OC(=O)c2ccc(C[NH+]3CCOCC3)cc2)cc1. The summed E-state index contributed by atoms with van der Waals surface area (Å²) < 4.78 is 15.8. The van der Waals surface area contributed by atoms with Crippen molar-refractivity contribution in [2.45, 2.75) is 26.1 Å². The average Bonchev–Trinajstić information content (AvgIpc) is 2.79. The van der Waals surface area contributed by atoms with Crippen molar-refractivity contribution in [1.82, 2.24) is 5.32 Å². The number of morpholine rings is 1. The molecule has 1 aliphatic heterocycles. The van der Waals surface area contributed by atoms with Crippen LogP contribution >= 0.6 is 0 Å². The van der Waals surface area contributed by atoms with E-state index in [9.17, 15) is 9.59 Å². The molecule has 30 heavy (non-hydrogen) atoms. The van der Waals surface area contributed by atoms with E-state index < -0.39 is 12.1 Å². The number of hydrogen-bond acceptors (Lipinski definition) is 5. The van der Waals surface area contributed by atoms with Crippen LogP contribution in [0.15, 0.2) is 48.5 Å². The van der Waals surface area contributed by atoms with Crippen molar-refractivity contribution in [2.24, 2.45) is 0 Å². The van der Waals surface area contributed by atoms with Crippen LogP contribution < -0.4 is 15.0 Å². The quantitative estimate of drug-likeness (QED) is 0.631. The molecular weight excluding hydrogens is 384 g/mol. The van der Waals surface area contributed by atoms with E-state index in [0.29, 0.717) is 12.1 Å². The molecule has 1 atom stereocenters. The molecule has 0 aromatic heterocycles. The second-order valence-electron chi connectivity index (χ2n) is 7.35. The Balaban J connectivity index is 1.45. The minimum Gasteiger partial charge on any atom is -0.497 e. The van der Waals surface area contributed by atoms with Crippen LogP contribution in [-0.2, 0) is 27.4 Å². The van der Waals surface area contributed by atoms with Gasteiger partial charge in [0.15, 0.2) is 6.10 Å². The number of ether oxygens (including phenoxy) is 3. The van der Waals surface area contributed by atoms with E-state index in [1.54, 1.807) is 26.2 Å². The van der Waals surface area contributed by atoms with Crippen LogP contribution in [0.3, 0.4) is 0 Å². The number of carbonyl (C=O) groups excluding carboxylic acids is 2. The van der Waals surface area contributed by atoms with Crippen LogP contribution in [0.5, 0.6) is 5.75 Å². The lowest BCUT2D eigenvalue weighted by Crippen LogP contribution is -3.12. The molecule has 1 fully saturated rings. The molecule has 3 rings (SSSR count). The molecule has 1 saturated heterocycles. The van der Waals surface area contributed by atoms with Crippen molar-refractivity contribution < 1.29 is 28.7 Å². The van der Waals surface area contributed by atoms with Crippen molar-refractivity contribution in [3.05, 3.63) is 65.2 Å². The van der Waals surface area contributed by atoms with E-state index in [0.717, 1.165) is 49.7 Å². The molecule has 0 spiro atoms.